The zero-order valence-corrected chi connectivity index (χ0v) is 30.6. The Kier molecular flexibility index (Phi) is 10.6. The normalized spacial score (nSPS) is 39.8. The third-order valence-electron chi connectivity index (χ3n) is 14.4. The van der Waals surface area contributed by atoms with E-state index in [0.717, 1.165) is 88.4 Å². The molecular weight excluding hydrogens is 630 g/mol. The fourth-order valence-electron chi connectivity index (χ4n) is 11.6. The van der Waals surface area contributed by atoms with Crippen LogP contribution in [0.15, 0.2) is 34.9 Å². The lowest BCUT2D eigenvalue weighted by atomic mass is 9.59. The lowest BCUT2D eigenvalue weighted by molar-refractivity contribution is -0.700. The van der Waals surface area contributed by atoms with Crippen LogP contribution < -0.4 is 16.4 Å². The van der Waals surface area contributed by atoms with E-state index in [2.05, 4.69) is 42.7 Å². The van der Waals surface area contributed by atoms with Gasteiger partial charge in [-0.25, -0.2) is 4.79 Å². The van der Waals surface area contributed by atoms with Crippen molar-refractivity contribution in [1.29, 1.82) is 0 Å². The molecule has 5 fully saturated rings. The molecule has 2 aliphatic heterocycles. The van der Waals surface area contributed by atoms with Crippen LogP contribution in [-0.2, 0) is 23.9 Å². The minimum absolute atomic E-state index is 0.0719. The molecule has 5 aliphatic carbocycles. The molecule has 2 heterocycles. The van der Waals surface area contributed by atoms with Crippen LogP contribution in [0.5, 0.6) is 0 Å². The number of ketones is 2. The third-order valence-corrected chi connectivity index (χ3v) is 14.4. The van der Waals surface area contributed by atoms with Crippen molar-refractivity contribution in [2.24, 2.45) is 40.7 Å². The number of carbonyl (C=O) groups excluding carboxylic acids is 3. The van der Waals surface area contributed by atoms with E-state index in [1.165, 1.54) is 24.8 Å². The predicted octanol–water partition coefficient (Wildman–Crippen LogP) is 3.16. The standard InChI is InChI=1S/C41H61N3O6/c1-3-43-34-20-28-12-6-5-11-27(28)19-29(34)25-49-38(48)41-37(47)33-14-8-7-13-32(33)36(46)40(41,50-41)23-30(24-45)26(2)22-39(16-9-4-10-17-39)31-15-18-44-35(42)21-31/h6,12,20,27,29,31-35,43-45H,3-5,7-11,13-19,21-25,42H2,1-2H3/p+2/t27-,29-,31?,32?,33?,34-,35?,40-,41-/m0/s1. The Morgan fingerprint density at radius 2 is 1.80 bits per heavy atom. The maximum absolute atomic E-state index is 14.6. The highest BCUT2D eigenvalue weighted by molar-refractivity contribution is 6.23. The Bertz CT molecular complexity index is 1410. The lowest BCUT2D eigenvalue weighted by Crippen LogP contribution is -2.95. The topological polar surface area (TPSA) is 152 Å². The summed E-state index contributed by atoms with van der Waals surface area (Å²) in [5, 5.41) is 15.5. The van der Waals surface area contributed by atoms with Gasteiger partial charge in [-0.1, -0.05) is 49.8 Å². The average molecular weight is 694 g/mol. The smallest absolute Gasteiger partial charge is 0.350 e. The molecule has 9 nitrogen and oxygen atoms in total. The second-order valence-corrected chi connectivity index (χ2v) is 17.2. The SMILES string of the molecule is CC[NH2+][C@H]1C=C2C=CCC[C@H]2C[C@H]1COC(=O)[C@]12O[C@@]1(CC(CO)=C(C)CC1(C3CC[NH2+]C(N)C3)CCCCC1)C(=O)C1CCCCC1C2=O. The summed E-state index contributed by atoms with van der Waals surface area (Å²) in [4.78, 5) is 43.4. The van der Waals surface area contributed by atoms with Crippen molar-refractivity contribution in [2.45, 2.75) is 140 Å². The monoisotopic (exact) mass is 693 g/mol. The van der Waals surface area contributed by atoms with E-state index in [9.17, 15) is 19.5 Å². The summed E-state index contributed by atoms with van der Waals surface area (Å²) < 4.78 is 12.5. The molecule has 0 aromatic heterocycles. The quantitative estimate of drug-likeness (QED) is 0.112. The van der Waals surface area contributed by atoms with Crippen LogP contribution in [0.25, 0.3) is 0 Å². The van der Waals surface area contributed by atoms with Gasteiger partial charge in [0, 0.05) is 37.0 Å². The Balaban J connectivity index is 1.15. The molecule has 3 saturated carbocycles. The fourth-order valence-corrected chi connectivity index (χ4v) is 11.6. The molecule has 276 valence electrons. The molecule has 7 N–H and O–H groups in total. The molecule has 0 aromatic carbocycles. The van der Waals surface area contributed by atoms with Crippen molar-refractivity contribution in [3.8, 4) is 0 Å². The highest BCUT2D eigenvalue weighted by Gasteiger charge is 2.87. The highest BCUT2D eigenvalue weighted by atomic mass is 16.7. The number of likely N-dealkylation sites (N-methyl/N-ethyl adjacent to an activating group) is 1. The van der Waals surface area contributed by atoms with Gasteiger partial charge < -0.3 is 25.2 Å². The molecule has 7 aliphatic rings. The Morgan fingerprint density at radius 1 is 1.04 bits per heavy atom. The second-order valence-electron chi connectivity index (χ2n) is 17.2. The van der Waals surface area contributed by atoms with Gasteiger partial charge in [-0.15, -0.1) is 0 Å². The molecule has 2 saturated heterocycles. The van der Waals surface area contributed by atoms with Gasteiger partial charge in [0.1, 0.15) is 18.8 Å². The molecule has 7 rings (SSSR count). The Morgan fingerprint density at radius 3 is 2.52 bits per heavy atom. The van der Waals surface area contributed by atoms with Gasteiger partial charge >= 0.3 is 5.97 Å². The molecule has 4 unspecified atom stereocenters. The number of nitrogens with two attached hydrogens (primary N) is 3. The van der Waals surface area contributed by atoms with Gasteiger partial charge in [0.15, 0.2) is 17.2 Å². The molecule has 0 aromatic rings. The Hall–Kier alpha value is -2.17. The number of rotatable bonds is 11. The molecule has 0 spiro atoms. The van der Waals surface area contributed by atoms with Crippen LogP contribution in [0, 0.1) is 35.0 Å². The molecule has 50 heavy (non-hydrogen) atoms. The minimum Gasteiger partial charge on any atom is -0.463 e. The molecule has 0 radical (unpaired) electrons. The Labute approximate surface area is 298 Å². The summed E-state index contributed by atoms with van der Waals surface area (Å²) in [5.41, 5.74) is 6.25. The molecule has 9 heteroatoms. The van der Waals surface area contributed by atoms with Crippen molar-refractivity contribution in [2.75, 3.05) is 26.3 Å². The number of Topliss-reactive ketones (excluding diaryl/α,β-unsaturated/α-hetero) is 2. The van der Waals surface area contributed by atoms with E-state index in [0.29, 0.717) is 24.7 Å². The summed E-state index contributed by atoms with van der Waals surface area (Å²) in [5.74, 6) is -0.937. The number of fused-ring (bicyclic) bond motifs is 3. The van der Waals surface area contributed by atoms with E-state index < -0.39 is 29.0 Å². The number of aliphatic hydroxyl groups excluding tert-OH is 1. The molecule has 0 amide bonds. The first-order valence-corrected chi connectivity index (χ1v) is 20.2. The van der Waals surface area contributed by atoms with Crippen LogP contribution in [0.4, 0.5) is 0 Å². The van der Waals surface area contributed by atoms with Crippen LogP contribution in [-0.4, -0.2) is 72.4 Å². The number of piperidine rings is 1. The summed E-state index contributed by atoms with van der Waals surface area (Å²) in [6.07, 6.45) is 22.0. The number of quaternary nitrogens is 2. The van der Waals surface area contributed by atoms with Crippen molar-refractivity contribution in [3.63, 3.8) is 0 Å². The molecule has 0 bridgehead atoms. The van der Waals surface area contributed by atoms with Crippen molar-refractivity contribution in [3.05, 3.63) is 34.9 Å². The zero-order valence-electron chi connectivity index (χ0n) is 30.6. The van der Waals surface area contributed by atoms with E-state index in [-0.39, 0.29) is 54.7 Å². The largest absolute Gasteiger partial charge is 0.463 e. The van der Waals surface area contributed by atoms with Gasteiger partial charge in [-0.2, -0.15) is 0 Å². The van der Waals surface area contributed by atoms with Gasteiger partial charge in [0.2, 0.25) is 0 Å². The lowest BCUT2D eigenvalue weighted by Gasteiger charge is -2.46. The summed E-state index contributed by atoms with van der Waals surface area (Å²) in [6.45, 7) is 6.15. The number of epoxide rings is 1. The zero-order chi connectivity index (χ0) is 35.1. The minimum atomic E-state index is -1.91. The van der Waals surface area contributed by atoms with Crippen molar-refractivity contribution >= 4 is 17.5 Å². The summed E-state index contributed by atoms with van der Waals surface area (Å²) in [6, 6.07) is 0.186. The number of allylic oxidation sites excluding steroid dienone is 4. The van der Waals surface area contributed by atoms with Crippen molar-refractivity contribution < 1.29 is 39.6 Å². The third kappa shape index (κ3) is 6.31. The van der Waals surface area contributed by atoms with Gasteiger partial charge in [-0.05, 0) is 99.7 Å². The molecule has 9 atom stereocenters. The van der Waals surface area contributed by atoms with E-state index in [1.807, 2.05) is 0 Å². The van der Waals surface area contributed by atoms with E-state index in [4.69, 9.17) is 15.2 Å². The second kappa shape index (κ2) is 14.7. The first kappa shape index (κ1) is 36.2. The number of hydrogen-bond donors (Lipinski definition) is 4. The van der Waals surface area contributed by atoms with Gasteiger partial charge in [-0.3, -0.25) is 15.3 Å². The van der Waals surface area contributed by atoms with Crippen LogP contribution in [0.3, 0.4) is 0 Å². The van der Waals surface area contributed by atoms with Crippen LogP contribution in [0.2, 0.25) is 0 Å². The van der Waals surface area contributed by atoms with E-state index in [1.54, 1.807) is 0 Å². The van der Waals surface area contributed by atoms with Crippen molar-refractivity contribution in [1.82, 2.24) is 0 Å². The summed E-state index contributed by atoms with van der Waals surface area (Å²) in [7, 11) is 0. The highest BCUT2D eigenvalue weighted by Crippen LogP contribution is 2.62. The van der Waals surface area contributed by atoms with Gasteiger partial charge in [0.25, 0.3) is 5.60 Å². The first-order chi connectivity index (χ1) is 24.2. The molecular formula is C41H63N3O6+2. The van der Waals surface area contributed by atoms with Crippen LogP contribution >= 0.6 is 0 Å². The summed E-state index contributed by atoms with van der Waals surface area (Å²) >= 11 is 0. The predicted molar refractivity (Wildman–Crippen MR) is 189 cm³/mol. The number of carbonyl (C=O) groups is 3. The van der Waals surface area contributed by atoms with E-state index >= 15 is 0 Å². The number of esters is 1. The average Bonchev–Trinajstić information content (AvgIpc) is 3.84. The number of aliphatic hydroxyl groups is 1. The first-order valence-electron chi connectivity index (χ1n) is 20.2. The number of hydrogen-bond acceptors (Lipinski definition) is 7. The maximum Gasteiger partial charge on any atom is 0.350 e. The number of ether oxygens (including phenoxy) is 2. The van der Waals surface area contributed by atoms with Crippen LogP contribution in [0.1, 0.15) is 117 Å². The fraction of sp³-hybridized carbons (Fsp3) is 0.780. The van der Waals surface area contributed by atoms with Gasteiger partial charge in [0.05, 0.1) is 19.7 Å². The maximum atomic E-state index is 14.6.